The maximum absolute atomic E-state index is 11.2. The van der Waals surface area contributed by atoms with Gasteiger partial charge in [0.25, 0.3) is 0 Å². The Bertz CT molecular complexity index is 585. The smallest absolute Gasteiger partial charge is 0.339 e. The summed E-state index contributed by atoms with van der Waals surface area (Å²) >= 11 is 0. The van der Waals surface area contributed by atoms with E-state index in [0.29, 0.717) is 0 Å². The first-order valence-electron chi connectivity index (χ1n) is 6.16. The molecule has 0 unspecified atom stereocenters. The molecule has 3 heterocycles. The number of hydrogen-bond donors (Lipinski definition) is 1. The van der Waals surface area contributed by atoms with E-state index in [0.717, 1.165) is 30.7 Å². The molecule has 0 atom stereocenters. The van der Waals surface area contributed by atoms with Crippen LogP contribution in [0.15, 0.2) is 24.5 Å². The minimum absolute atomic E-state index is 0.282. The fourth-order valence-corrected chi connectivity index (χ4v) is 2.58. The first-order valence-corrected chi connectivity index (χ1v) is 6.16. The molecule has 3 rings (SSSR count). The van der Waals surface area contributed by atoms with Crippen LogP contribution in [0.3, 0.4) is 0 Å². The third-order valence-corrected chi connectivity index (χ3v) is 3.45. The van der Waals surface area contributed by atoms with E-state index >= 15 is 0 Å². The molecule has 0 radical (unpaired) electrons. The number of carboxylic acid groups (broad SMARTS) is 1. The van der Waals surface area contributed by atoms with Gasteiger partial charge in [0.2, 0.25) is 0 Å². The van der Waals surface area contributed by atoms with Gasteiger partial charge in [-0.2, -0.15) is 5.10 Å². The summed E-state index contributed by atoms with van der Waals surface area (Å²) in [5, 5.41) is 13.3. The molecule has 0 saturated carbocycles. The minimum atomic E-state index is -0.918. The summed E-state index contributed by atoms with van der Waals surface area (Å²) in [6, 6.07) is 3.90. The molecule has 5 nitrogen and oxygen atoms in total. The highest BCUT2D eigenvalue weighted by Crippen LogP contribution is 2.20. The van der Waals surface area contributed by atoms with Crippen LogP contribution in [0, 0.1) is 0 Å². The van der Waals surface area contributed by atoms with E-state index in [4.69, 9.17) is 0 Å². The Kier molecular flexibility index (Phi) is 2.76. The number of aromatic carboxylic acids is 1. The normalized spacial score (nSPS) is 16.4. The van der Waals surface area contributed by atoms with E-state index in [2.05, 4.69) is 10.00 Å². The number of carbonyl (C=O) groups is 1. The summed E-state index contributed by atoms with van der Waals surface area (Å²) in [5.41, 5.74) is 2.04. The van der Waals surface area contributed by atoms with E-state index in [1.54, 1.807) is 10.7 Å². The van der Waals surface area contributed by atoms with Crippen molar-refractivity contribution in [2.24, 2.45) is 0 Å². The molecule has 5 heteroatoms. The predicted octanol–water partition coefficient (Wildman–Crippen LogP) is 1.63. The van der Waals surface area contributed by atoms with E-state index in [-0.39, 0.29) is 5.56 Å². The SMILES string of the molecule is O=C(O)c1cnn2cccc(CN3CCCC3)c12. The second-order valence-corrected chi connectivity index (χ2v) is 4.67. The molecule has 2 aromatic heterocycles. The Morgan fingerprint density at radius 3 is 2.89 bits per heavy atom. The number of fused-ring (bicyclic) bond motifs is 1. The van der Waals surface area contributed by atoms with E-state index in [1.807, 2.05) is 12.1 Å². The Morgan fingerprint density at radius 2 is 2.17 bits per heavy atom. The number of rotatable bonds is 3. The molecule has 1 aliphatic heterocycles. The van der Waals surface area contributed by atoms with E-state index in [9.17, 15) is 9.90 Å². The van der Waals surface area contributed by atoms with Gasteiger partial charge in [0.15, 0.2) is 0 Å². The van der Waals surface area contributed by atoms with Crippen LogP contribution < -0.4 is 0 Å². The molecule has 0 amide bonds. The number of carboxylic acids is 1. The number of pyridine rings is 1. The third kappa shape index (κ3) is 1.86. The summed E-state index contributed by atoms with van der Waals surface area (Å²) in [7, 11) is 0. The van der Waals surface area contributed by atoms with Gasteiger partial charge in [0.05, 0.1) is 11.7 Å². The Balaban J connectivity index is 2.04. The van der Waals surface area contributed by atoms with Crippen molar-refractivity contribution in [2.45, 2.75) is 19.4 Å². The maximum Gasteiger partial charge on any atom is 0.339 e. The van der Waals surface area contributed by atoms with Gasteiger partial charge in [-0.15, -0.1) is 0 Å². The molecule has 1 fully saturated rings. The molecule has 0 aliphatic carbocycles. The van der Waals surface area contributed by atoms with Crippen LogP contribution in [0.5, 0.6) is 0 Å². The highest BCUT2D eigenvalue weighted by Gasteiger charge is 2.18. The largest absolute Gasteiger partial charge is 0.478 e. The molecule has 1 N–H and O–H groups in total. The summed E-state index contributed by atoms with van der Waals surface area (Å²) in [4.78, 5) is 13.6. The molecule has 1 saturated heterocycles. The average molecular weight is 245 g/mol. The molecule has 2 aromatic rings. The zero-order valence-electron chi connectivity index (χ0n) is 10.0. The van der Waals surface area contributed by atoms with Crippen molar-refractivity contribution in [1.82, 2.24) is 14.5 Å². The van der Waals surface area contributed by atoms with Crippen molar-refractivity contribution in [3.8, 4) is 0 Å². The molecule has 0 spiro atoms. The van der Waals surface area contributed by atoms with Crippen molar-refractivity contribution in [2.75, 3.05) is 13.1 Å². The number of likely N-dealkylation sites (tertiary alicyclic amines) is 1. The van der Waals surface area contributed by atoms with E-state index < -0.39 is 5.97 Å². The lowest BCUT2D eigenvalue weighted by Crippen LogP contribution is -2.19. The van der Waals surface area contributed by atoms with Crippen LogP contribution in [0.2, 0.25) is 0 Å². The fraction of sp³-hybridized carbons (Fsp3) is 0.385. The Labute approximate surface area is 105 Å². The predicted molar refractivity (Wildman–Crippen MR) is 66.7 cm³/mol. The molecule has 18 heavy (non-hydrogen) atoms. The van der Waals surface area contributed by atoms with Crippen LogP contribution in [0.4, 0.5) is 0 Å². The van der Waals surface area contributed by atoms with Gasteiger partial charge in [-0.05, 0) is 37.6 Å². The van der Waals surface area contributed by atoms with Crippen molar-refractivity contribution < 1.29 is 9.90 Å². The van der Waals surface area contributed by atoms with Crippen LogP contribution in [-0.4, -0.2) is 38.7 Å². The first kappa shape index (κ1) is 11.2. The number of hydrogen-bond acceptors (Lipinski definition) is 3. The molecule has 1 aliphatic rings. The van der Waals surface area contributed by atoms with Gasteiger partial charge >= 0.3 is 5.97 Å². The van der Waals surface area contributed by atoms with Crippen molar-refractivity contribution in [1.29, 1.82) is 0 Å². The Morgan fingerprint density at radius 1 is 1.39 bits per heavy atom. The maximum atomic E-state index is 11.2. The van der Waals surface area contributed by atoms with Crippen LogP contribution in [0.1, 0.15) is 28.8 Å². The monoisotopic (exact) mass is 245 g/mol. The van der Waals surface area contributed by atoms with Gasteiger partial charge in [-0.25, -0.2) is 9.31 Å². The molecule has 0 aromatic carbocycles. The highest BCUT2D eigenvalue weighted by molar-refractivity contribution is 5.96. The Hall–Kier alpha value is -1.88. The summed E-state index contributed by atoms with van der Waals surface area (Å²) in [5.74, 6) is -0.918. The second-order valence-electron chi connectivity index (χ2n) is 4.67. The molecule has 94 valence electrons. The van der Waals surface area contributed by atoms with Crippen molar-refractivity contribution >= 4 is 11.5 Å². The van der Waals surface area contributed by atoms with Gasteiger partial charge in [0.1, 0.15) is 5.56 Å². The molecule has 0 bridgehead atoms. The van der Waals surface area contributed by atoms with Crippen molar-refractivity contribution in [3.05, 3.63) is 35.7 Å². The van der Waals surface area contributed by atoms with Crippen LogP contribution in [0.25, 0.3) is 5.52 Å². The third-order valence-electron chi connectivity index (χ3n) is 3.45. The fourth-order valence-electron chi connectivity index (χ4n) is 2.58. The lowest BCUT2D eigenvalue weighted by molar-refractivity contribution is 0.0699. The van der Waals surface area contributed by atoms with Crippen LogP contribution in [-0.2, 0) is 6.54 Å². The van der Waals surface area contributed by atoms with Crippen molar-refractivity contribution in [3.63, 3.8) is 0 Å². The van der Waals surface area contributed by atoms with Gasteiger partial charge in [-0.1, -0.05) is 6.07 Å². The molecular formula is C13H15N3O2. The zero-order valence-corrected chi connectivity index (χ0v) is 10.0. The second kappa shape index (κ2) is 4.42. The first-order chi connectivity index (χ1) is 8.75. The summed E-state index contributed by atoms with van der Waals surface area (Å²) in [6.07, 6.45) is 5.67. The average Bonchev–Trinajstić information content (AvgIpc) is 2.97. The van der Waals surface area contributed by atoms with Gasteiger partial charge in [0, 0.05) is 12.7 Å². The van der Waals surface area contributed by atoms with E-state index in [1.165, 1.54) is 19.0 Å². The zero-order chi connectivity index (χ0) is 12.5. The topological polar surface area (TPSA) is 57.8 Å². The molecular weight excluding hydrogens is 230 g/mol. The highest BCUT2D eigenvalue weighted by atomic mass is 16.4. The minimum Gasteiger partial charge on any atom is -0.478 e. The summed E-state index contributed by atoms with van der Waals surface area (Å²) in [6.45, 7) is 2.99. The standard InChI is InChI=1S/C13H15N3O2/c17-13(18)11-8-14-16-7-3-4-10(12(11)16)9-15-5-1-2-6-15/h3-4,7-8H,1-2,5-6,9H2,(H,17,18). The number of aromatic nitrogens is 2. The quantitative estimate of drug-likeness (QED) is 0.893. The van der Waals surface area contributed by atoms with Gasteiger partial charge in [-0.3, -0.25) is 4.90 Å². The number of nitrogens with zero attached hydrogens (tertiary/aromatic N) is 3. The van der Waals surface area contributed by atoms with Gasteiger partial charge < -0.3 is 5.11 Å². The lowest BCUT2D eigenvalue weighted by atomic mass is 10.1. The summed E-state index contributed by atoms with van der Waals surface area (Å²) < 4.78 is 1.65. The lowest BCUT2D eigenvalue weighted by Gasteiger charge is -2.15. The van der Waals surface area contributed by atoms with Crippen LogP contribution >= 0.6 is 0 Å².